The average Bonchev–Trinajstić information content (AvgIpc) is 2.45. The molecule has 2 heteroatoms. The summed E-state index contributed by atoms with van der Waals surface area (Å²) in [6.45, 7) is 1.74. The Morgan fingerprint density at radius 3 is 2.91 bits per heavy atom. The first-order chi connectivity index (χ1) is 5.29. The molecule has 1 nitrogen and oxygen atoms in total. The molecule has 0 aliphatic carbocycles. The molecule has 11 heavy (non-hydrogen) atoms. The van der Waals surface area contributed by atoms with Crippen LogP contribution in [0.4, 0.5) is 4.39 Å². The third-order valence-corrected chi connectivity index (χ3v) is 1.76. The lowest BCUT2D eigenvalue weighted by atomic mass is 10.2. The maximum atomic E-state index is 13.2. The molecule has 0 N–H and O–H groups in total. The summed E-state index contributed by atoms with van der Waals surface area (Å²) in [6.07, 6.45) is 1.49. The lowest BCUT2D eigenvalue weighted by Crippen LogP contribution is -1.80. The predicted octanol–water partition coefficient (Wildman–Crippen LogP) is 2.88. The molecule has 1 aromatic carbocycles. The minimum absolute atomic E-state index is 0.184. The van der Waals surface area contributed by atoms with Crippen LogP contribution in [0, 0.1) is 12.7 Å². The van der Waals surface area contributed by atoms with E-state index >= 15 is 0 Å². The number of fused-ring (bicyclic) bond motifs is 1. The van der Waals surface area contributed by atoms with Gasteiger partial charge in [0.2, 0.25) is 0 Å². The molecule has 1 heterocycles. The van der Waals surface area contributed by atoms with Gasteiger partial charge in [0, 0.05) is 0 Å². The Morgan fingerprint density at radius 2 is 2.09 bits per heavy atom. The Hall–Kier alpha value is -1.31. The molecular formula is C9H7FO. The van der Waals surface area contributed by atoms with Gasteiger partial charge in [0.05, 0.1) is 11.6 Å². The summed E-state index contributed by atoms with van der Waals surface area (Å²) in [4.78, 5) is 0. The summed E-state index contributed by atoms with van der Waals surface area (Å²) >= 11 is 0. The molecule has 0 atom stereocenters. The van der Waals surface area contributed by atoms with Gasteiger partial charge in [-0.3, -0.25) is 0 Å². The van der Waals surface area contributed by atoms with Gasteiger partial charge in [-0.1, -0.05) is 6.07 Å². The second-order valence-corrected chi connectivity index (χ2v) is 2.53. The van der Waals surface area contributed by atoms with Gasteiger partial charge < -0.3 is 4.42 Å². The van der Waals surface area contributed by atoms with Crippen LogP contribution in [0.1, 0.15) is 5.56 Å². The zero-order valence-corrected chi connectivity index (χ0v) is 6.10. The Kier molecular flexibility index (Phi) is 1.22. The Morgan fingerprint density at radius 1 is 1.27 bits per heavy atom. The lowest BCUT2D eigenvalue weighted by Gasteiger charge is -1.94. The molecule has 0 radical (unpaired) electrons. The van der Waals surface area contributed by atoms with E-state index in [9.17, 15) is 4.39 Å². The highest BCUT2D eigenvalue weighted by atomic mass is 19.1. The van der Waals surface area contributed by atoms with Crippen molar-refractivity contribution in [2.24, 2.45) is 0 Å². The van der Waals surface area contributed by atoms with E-state index in [1.165, 1.54) is 6.26 Å². The summed E-state index contributed by atoms with van der Waals surface area (Å²) in [5.41, 5.74) is 1.26. The molecule has 0 saturated heterocycles. The molecule has 0 unspecified atom stereocenters. The second kappa shape index (κ2) is 2.09. The monoisotopic (exact) mass is 150 g/mol. The molecule has 0 amide bonds. The van der Waals surface area contributed by atoms with Gasteiger partial charge in [-0.15, -0.1) is 0 Å². The number of rotatable bonds is 0. The van der Waals surface area contributed by atoms with Crippen molar-refractivity contribution in [1.82, 2.24) is 0 Å². The predicted molar refractivity (Wildman–Crippen MR) is 40.9 cm³/mol. The summed E-state index contributed by atoms with van der Waals surface area (Å²) in [5, 5.41) is 0.560. The highest BCUT2D eigenvalue weighted by Gasteiger charge is 2.04. The molecule has 0 spiro atoms. The zero-order valence-electron chi connectivity index (χ0n) is 6.10. The molecule has 0 bridgehead atoms. The van der Waals surface area contributed by atoms with Crippen LogP contribution in [-0.4, -0.2) is 0 Å². The van der Waals surface area contributed by atoms with Crippen molar-refractivity contribution in [3.63, 3.8) is 0 Å². The smallest absolute Gasteiger partial charge is 0.137 e. The van der Waals surface area contributed by atoms with Crippen molar-refractivity contribution in [1.29, 1.82) is 0 Å². The highest BCUT2D eigenvalue weighted by molar-refractivity contribution is 5.78. The molecule has 2 rings (SSSR count). The third-order valence-electron chi connectivity index (χ3n) is 1.76. The number of halogens is 1. The maximum absolute atomic E-state index is 13.2. The van der Waals surface area contributed by atoms with Crippen LogP contribution < -0.4 is 0 Å². The van der Waals surface area contributed by atoms with Crippen molar-refractivity contribution < 1.29 is 8.81 Å². The number of hydrogen-bond acceptors (Lipinski definition) is 1. The molecule has 0 aliphatic heterocycles. The van der Waals surface area contributed by atoms with Gasteiger partial charge >= 0.3 is 0 Å². The largest absolute Gasteiger partial charge is 0.464 e. The third kappa shape index (κ3) is 0.827. The Labute approximate surface area is 63.4 Å². The minimum Gasteiger partial charge on any atom is -0.464 e. The molecule has 0 aliphatic rings. The molecule has 1 aromatic heterocycles. The summed E-state index contributed by atoms with van der Waals surface area (Å²) in [7, 11) is 0. The normalized spacial score (nSPS) is 10.7. The van der Waals surface area contributed by atoms with E-state index in [2.05, 4.69) is 0 Å². The van der Waals surface area contributed by atoms with Gasteiger partial charge in [0.15, 0.2) is 0 Å². The van der Waals surface area contributed by atoms with Crippen molar-refractivity contribution in [3.05, 3.63) is 35.8 Å². The van der Waals surface area contributed by atoms with Gasteiger partial charge in [0.25, 0.3) is 0 Å². The van der Waals surface area contributed by atoms with Crippen LogP contribution in [-0.2, 0) is 0 Å². The van der Waals surface area contributed by atoms with E-state index < -0.39 is 0 Å². The van der Waals surface area contributed by atoms with E-state index in [-0.39, 0.29) is 5.82 Å². The van der Waals surface area contributed by atoms with E-state index in [1.807, 2.05) is 0 Å². The van der Waals surface area contributed by atoms with Crippen molar-refractivity contribution in [3.8, 4) is 0 Å². The van der Waals surface area contributed by atoms with E-state index in [0.29, 0.717) is 16.5 Å². The lowest BCUT2D eigenvalue weighted by molar-refractivity contribution is 0.608. The van der Waals surface area contributed by atoms with Crippen LogP contribution in [0.25, 0.3) is 11.0 Å². The highest BCUT2D eigenvalue weighted by Crippen LogP contribution is 2.20. The fourth-order valence-electron chi connectivity index (χ4n) is 1.12. The Balaban J connectivity index is 2.93. The van der Waals surface area contributed by atoms with Crippen molar-refractivity contribution >= 4 is 11.0 Å². The minimum atomic E-state index is -0.184. The summed E-state index contributed by atoms with van der Waals surface area (Å²) < 4.78 is 18.2. The Bertz CT molecular complexity index is 389. The van der Waals surface area contributed by atoms with Gasteiger partial charge in [-0.2, -0.15) is 0 Å². The van der Waals surface area contributed by atoms with Crippen molar-refractivity contribution in [2.45, 2.75) is 6.92 Å². The second-order valence-electron chi connectivity index (χ2n) is 2.53. The van der Waals surface area contributed by atoms with Crippen LogP contribution in [0.15, 0.2) is 28.9 Å². The number of benzene rings is 1. The quantitative estimate of drug-likeness (QED) is 0.562. The maximum Gasteiger partial charge on any atom is 0.137 e. The zero-order chi connectivity index (χ0) is 7.84. The standard InChI is InChI=1S/C9H7FO/c1-6-2-3-8-7(9(6)10)4-5-11-8/h2-5H,1H3. The summed E-state index contributed by atoms with van der Waals surface area (Å²) in [5.74, 6) is -0.184. The van der Waals surface area contributed by atoms with Crippen molar-refractivity contribution in [2.75, 3.05) is 0 Å². The molecule has 0 fully saturated rings. The number of furan rings is 1. The van der Waals surface area contributed by atoms with Gasteiger partial charge in [0.1, 0.15) is 11.4 Å². The first-order valence-electron chi connectivity index (χ1n) is 3.41. The van der Waals surface area contributed by atoms with Crippen LogP contribution in [0.2, 0.25) is 0 Å². The first-order valence-corrected chi connectivity index (χ1v) is 3.41. The van der Waals surface area contributed by atoms with E-state index in [4.69, 9.17) is 4.42 Å². The fraction of sp³-hybridized carbons (Fsp3) is 0.111. The summed E-state index contributed by atoms with van der Waals surface area (Å²) in [6, 6.07) is 5.12. The van der Waals surface area contributed by atoms with Crippen LogP contribution in [0.3, 0.4) is 0 Å². The first kappa shape index (κ1) is 6.40. The van der Waals surface area contributed by atoms with Gasteiger partial charge in [-0.25, -0.2) is 4.39 Å². The molecule has 0 saturated carbocycles. The topological polar surface area (TPSA) is 13.1 Å². The number of hydrogen-bond donors (Lipinski definition) is 0. The molecular weight excluding hydrogens is 143 g/mol. The average molecular weight is 150 g/mol. The van der Waals surface area contributed by atoms with Crippen LogP contribution in [0.5, 0.6) is 0 Å². The van der Waals surface area contributed by atoms with Gasteiger partial charge in [-0.05, 0) is 24.6 Å². The van der Waals surface area contributed by atoms with Crippen LogP contribution >= 0.6 is 0 Å². The van der Waals surface area contributed by atoms with E-state index in [0.717, 1.165) is 0 Å². The molecule has 56 valence electrons. The number of aryl methyl sites for hydroxylation is 1. The SMILES string of the molecule is Cc1ccc2occc2c1F. The van der Waals surface area contributed by atoms with E-state index in [1.54, 1.807) is 25.1 Å². The molecule has 2 aromatic rings. The fourth-order valence-corrected chi connectivity index (χ4v) is 1.12.